The summed E-state index contributed by atoms with van der Waals surface area (Å²) < 4.78 is 44.3. The smallest absolute Gasteiger partial charge is 0.338 e. The maximum Gasteiger partial charge on any atom is 0.416 e. The zero-order valence-electron chi connectivity index (χ0n) is 12.7. The van der Waals surface area contributed by atoms with Crippen molar-refractivity contribution in [1.82, 2.24) is 15.0 Å². The molecule has 0 aliphatic carbocycles. The standard InChI is InChI=1S/C16H14F3N3OS/c1-22(8-11-4-2-3-5-13(11)16(17,18)19)9-14-20-15(21-23-14)12-6-7-24-10-12/h2-7,10H,8-9H2,1H3. The van der Waals surface area contributed by atoms with Crippen molar-refractivity contribution in [2.75, 3.05) is 7.05 Å². The van der Waals surface area contributed by atoms with Gasteiger partial charge in [0.2, 0.25) is 11.7 Å². The Morgan fingerprint density at radius 2 is 1.96 bits per heavy atom. The molecule has 3 aromatic rings. The number of nitrogens with zero attached hydrogens (tertiary/aromatic N) is 3. The van der Waals surface area contributed by atoms with Gasteiger partial charge in [-0.15, -0.1) is 0 Å². The van der Waals surface area contributed by atoms with Gasteiger partial charge in [0.1, 0.15) is 0 Å². The van der Waals surface area contributed by atoms with Crippen LogP contribution in [0, 0.1) is 0 Å². The van der Waals surface area contributed by atoms with E-state index in [1.54, 1.807) is 18.0 Å². The van der Waals surface area contributed by atoms with Gasteiger partial charge in [-0.1, -0.05) is 23.4 Å². The van der Waals surface area contributed by atoms with Crippen LogP contribution in [0.1, 0.15) is 17.0 Å². The van der Waals surface area contributed by atoms with E-state index in [0.717, 1.165) is 11.6 Å². The highest BCUT2D eigenvalue weighted by Crippen LogP contribution is 2.32. The molecule has 0 aliphatic rings. The quantitative estimate of drug-likeness (QED) is 0.680. The molecule has 126 valence electrons. The highest BCUT2D eigenvalue weighted by molar-refractivity contribution is 7.08. The minimum Gasteiger partial charge on any atom is -0.338 e. The summed E-state index contributed by atoms with van der Waals surface area (Å²) in [6.45, 7) is 0.398. The van der Waals surface area contributed by atoms with Crippen LogP contribution in [0.25, 0.3) is 11.4 Å². The van der Waals surface area contributed by atoms with Crippen molar-refractivity contribution < 1.29 is 17.7 Å². The fourth-order valence-corrected chi connectivity index (χ4v) is 2.97. The summed E-state index contributed by atoms with van der Waals surface area (Å²) in [4.78, 5) is 5.97. The fraction of sp³-hybridized carbons (Fsp3) is 0.250. The minimum atomic E-state index is -4.37. The van der Waals surface area contributed by atoms with E-state index < -0.39 is 11.7 Å². The van der Waals surface area contributed by atoms with Crippen LogP contribution in [0.2, 0.25) is 0 Å². The van der Waals surface area contributed by atoms with Crippen LogP contribution >= 0.6 is 11.3 Å². The van der Waals surface area contributed by atoms with Crippen molar-refractivity contribution >= 4 is 11.3 Å². The summed E-state index contributed by atoms with van der Waals surface area (Å²) in [5, 5.41) is 7.70. The van der Waals surface area contributed by atoms with Crippen LogP contribution in [-0.2, 0) is 19.3 Å². The molecule has 2 heterocycles. The molecule has 0 spiro atoms. The lowest BCUT2D eigenvalue weighted by Gasteiger charge is -2.18. The predicted molar refractivity (Wildman–Crippen MR) is 84.2 cm³/mol. The zero-order valence-corrected chi connectivity index (χ0v) is 13.6. The van der Waals surface area contributed by atoms with Crippen molar-refractivity contribution in [3.8, 4) is 11.4 Å². The Morgan fingerprint density at radius 1 is 1.17 bits per heavy atom. The van der Waals surface area contributed by atoms with Crippen LogP contribution in [-0.4, -0.2) is 22.1 Å². The lowest BCUT2D eigenvalue weighted by atomic mass is 10.1. The highest BCUT2D eigenvalue weighted by Gasteiger charge is 2.33. The van der Waals surface area contributed by atoms with Crippen molar-refractivity contribution in [2.45, 2.75) is 19.3 Å². The van der Waals surface area contributed by atoms with Crippen LogP contribution < -0.4 is 0 Å². The third-order valence-electron chi connectivity index (χ3n) is 3.42. The van der Waals surface area contributed by atoms with Gasteiger partial charge >= 0.3 is 6.18 Å². The van der Waals surface area contributed by atoms with E-state index in [1.165, 1.54) is 23.5 Å². The molecular formula is C16H14F3N3OS. The Kier molecular flexibility index (Phi) is 4.68. The molecule has 8 heteroatoms. The zero-order chi connectivity index (χ0) is 17.2. The van der Waals surface area contributed by atoms with E-state index in [9.17, 15) is 13.2 Å². The average Bonchev–Trinajstić information content (AvgIpc) is 3.17. The van der Waals surface area contributed by atoms with E-state index in [0.29, 0.717) is 11.7 Å². The number of hydrogen-bond acceptors (Lipinski definition) is 5. The fourth-order valence-electron chi connectivity index (χ4n) is 2.34. The van der Waals surface area contributed by atoms with Gasteiger partial charge in [0.25, 0.3) is 0 Å². The molecule has 24 heavy (non-hydrogen) atoms. The van der Waals surface area contributed by atoms with Crippen molar-refractivity contribution in [3.63, 3.8) is 0 Å². The van der Waals surface area contributed by atoms with Gasteiger partial charge in [0.05, 0.1) is 12.1 Å². The van der Waals surface area contributed by atoms with Crippen LogP contribution in [0.15, 0.2) is 45.6 Å². The number of hydrogen-bond donors (Lipinski definition) is 0. The third-order valence-corrected chi connectivity index (χ3v) is 4.10. The second kappa shape index (κ2) is 6.74. The van der Waals surface area contributed by atoms with Crippen molar-refractivity contribution in [3.05, 3.63) is 58.1 Å². The van der Waals surface area contributed by atoms with E-state index in [1.807, 2.05) is 16.8 Å². The number of thiophene rings is 1. The molecule has 0 radical (unpaired) electrons. The average molecular weight is 353 g/mol. The van der Waals surface area contributed by atoms with Crippen LogP contribution in [0.3, 0.4) is 0 Å². The first-order chi connectivity index (χ1) is 11.4. The van der Waals surface area contributed by atoms with Gasteiger partial charge in [-0.25, -0.2) is 0 Å². The summed E-state index contributed by atoms with van der Waals surface area (Å²) in [5.41, 5.74) is 0.450. The molecule has 4 nitrogen and oxygen atoms in total. The molecule has 0 atom stereocenters. The summed E-state index contributed by atoms with van der Waals surface area (Å²) in [6.07, 6.45) is -4.37. The molecule has 0 aliphatic heterocycles. The SMILES string of the molecule is CN(Cc1nc(-c2ccsc2)no1)Cc1ccccc1C(F)(F)F. The van der Waals surface area contributed by atoms with E-state index in [-0.39, 0.29) is 18.7 Å². The lowest BCUT2D eigenvalue weighted by Crippen LogP contribution is -2.20. The minimum absolute atomic E-state index is 0.131. The molecule has 0 unspecified atom stereocenters. The topological polar surface area (TPSA) is 42.2 Å². The third kappa shape index (κ3) is 3.82. The first-order valence-corrected chi connectivity index (χ1v) is 8.06. The summed E-state index contributed by atoms with van der Waals surface area (Å²) in [5.74, 6) is 0.846. The van der Waals surface area contributed by atoms with Gasteiger partial charge in [-0.3, -0.25) is 4.90 Å². The Balaban J connectivity index is 1.70. The normalized spacial score (nSPS) is 12.0. The van der Waals surface area contributed by atoms with Gasteiger partial charge in [-0.05, 0) is 30.1 Å². The Hall–Kier alpha value is -2.19. The van der Waals surface area contributed by atoms with Crippen LogP contribution in [0.5, 0.6) is 0 Å². The molecule has 1 aromatic carbocycles. The largest absolute Gasteiger partial charge is 0.416 e. The van der Waals surface area contributed by atoms with Crippen molar-refractivity contribution in [2.24, 2.45) is 0 Å². The number of benzene rings is 1. The molecule has 0 N–H and O–H groups in total. The van der Waals surface area contributed by atoms with Crippen LogP contribution in [0.4, 0.5) is 13.2 Å². The molecular weight excluding hydrogens is 339 g/mol. The molecule has 3 rings (SSSR count). The second-order valence-corrected chi connectivity index (χ2v) is 6.13. The van der Waals surface area contributed by atoms with Gasteiger partial charge in [0, 0.05) is 17.5 Å². The number of aromatic nitrogens is 2. The van der Waals surface area contributed by atoms with Gasteiger partial charge in [0.15, 0.2) is 0 Å². The summed E-state index contributed by atoms with van der Waals surface area (Å²) >= 11 is 1.52. The highest BCUT2D eigenvalue weighted by atomic mass is 32.1. The lowest BCUT2D eigenvalue weighted by molar-refractivity contribution is -0.138. The predicted octanol–water partition coefficient (Wildman–Crippen LogP) is 4.45. The molecule has 0 bridgehead atoms. The second-order valence-electron chi connectivity index (χ2n) is 5.35. The maximum absolute atomic E-state index is 13.0. The maximum atomic E-state index is 13.0. The van der Waals surface area contributed by atoms with Gasteiger partial charge in [-0.2, -0.15) is 29.5 Å². The molecule has 0 amide bonds. The molecule has 2 aromatic heterocycles. The summed E-state index contributed by atoms with van der Waals surface area (Å²) in [6, 6.07) is 7.42. The molecule has 0 saturated carbocycles. The number of halogens is 3. The van der Waals surface area contributed by atoms with E-state index in [4.69, 9.17) is 4.52 Å². The Morgan fingerprint density at radius 3 is 2.67 bits per heavy atom. The molecule has 0 fully saturated rings. The first-order valence-electron chi connectivity index (χ1n) is 7.12. The molecule has 0 saturated heterocycles. The Labute approximate surface area is 140 Å². The number of alkyl halides is 3. The van der Waals surface area contributed by atoms with Gasteiger partial charge < -0.3 is 4.52 Å². The van der Waals surface area contributed by atoms with Crippen molar-refractivity contribution in [1.29, 1.82) is 0 Å². The summed E-state index contributed by atoms with van der Waals surface area (Å²) in [7, 11) is 1.71. The first kappa shape index (κ1) is 16.7. The Bertz CT molecular complexity index is 799. The van der Waals surface area contributed by atoms with E-state index in [2.05, 4.69) is 10.1 Å². The number of rotatable bonds is 5. The van der Waals surface area contributed by atoms with E-state index >= 15 is 0 Å². The monoisotopic (exact) mass is 353 g/mol.